The molecule has 0 aliphatic carbocycles. The lowest BCUT2D eigenvalue weighted by Crippen LogP contribution is -2.30. The van der Waals surface area contributed by atoms with Gasteiger partial charge in [-0.25, -0.2) is 9.59 Å². The third-order valence-electron chi connectivity index (χ3n) is 2.28. The van der Waals surface area contributed by atoms with E-state index in [0.717, 1.165) is 12.0 Å². The number of rotatable bonds is 4. The standard InChI is InChI=1S/C12H16N2O3/c1-3-7-13-12(17)14-10-8(2)5-4-6-9(10)11(15)16/h4-6H,3,7H2,1-2H3,(H,15,16)(H2,13,14,17). The van der Waals surface area contributed by atoms with Gasteiger partial charge in [-0.1, -0.05) is 19.1 Å². The summed E-state index contributed by atoms with van der Waals surface area (Å²) in [6, 6.07) is 4.48. The Bertz CT molecular complexity index is 430. The Balaban J connectivity index is 2.89. The first kappa shape index (κ1) is 13.0. The molecule has 0 radical (unpaired) electrons. The highest BCUT2D eigenvalue weighted by Crippen LogP contribution is 2.20. The number of amides is 2. The van der Waals surface area contributed by atoms with Crippen molar-refractivity contribution >= 4 is 17.7 Å². The van der Waals surface area contributed by atoms with Crippen molar-refractivity contribution in [1.29, 1.82) is 0 Å². The molecule has 1 aromatic carbocycles. The second-order valence-electron chi connectivity index (χ2n) is 3.68. The summed E-state index contributed by atoms with van der Waals surface area (Å²) in [5.41, 5.74) is 1.15. The number of hydrogen-bond donors (Lipinski definition) is 3. The molecule has 5 heteroatoms. The number of aromatic carboxylic acids is 1. The van der Waals surface area contributed by atoms with Crippen LogP contribution in [0.15, 0.2) is 18.2 Å². The van der Waals surface area contributed by atoms with Crippen LogP contribution in [0.4, 0.5) is 10.5 Å². The summed E-state index contributed by atoms with van der Waals surface area (Å²) in [4.78, 5) is 22.5. The molecule has 0 heterocycles. The van der Waals surface area contributed by atoms with Gasteiger partial charge in [0, 0.05) is 6.54 Å². The number of carbonyl (C=O) groups excluding carboxylic acids is 1. The van der Waals surface area contributed by atoms with E-state index >= 15 is 0 Å². The monoisotopic (exact) mass is 236 g/mol. The Hall–Kier alpha value is -2.04. The van der Waals surface area contributed by atoms with Gasteiger partial charge in [0.1, 0.15) is 0 Å². The third kappa shape index (κ3) is 3.48. The smallest absolute Gasteiger partial charge is 0.337 e. The van der Waals surface area contributed by atoms with Crippen LogP contribution in [-0.4, -0.2) is 23.7 Å². The Morgan fingerprint density at radius 3 is 2.65 bits per heavy atom. The third-order valence-corrected chi connectivity index (χ3v) is 2.28. The molecule has 17 heavy (non-hydrogen) atoms. The summed E-state index contributed by atoms with van der Waals surface area (Å²) < 4.78 is 0. The SMILES string of the molecule is CCCNC(=O)Nc1c(C)cccc1C(=O)O. The van der Waals surface area contributed by atoms with Crippen LogP contribution < -0.4 is 10.6 Å². The fraction of sp³-hybridized carbons (Fsp3) is 0.333. The Labute approximate surface area is 99.8 Å². The zero-order valence-electron chi connectivity index (χ0n) is 9.91. The molecule has 0 bridgehead atoms. The predicted octanol–water partition coefficient (Wildman–Crippen LogP) is 2.22. The fourth-order valence-corrected chi connectivity index (χ4v) is 1.41. The quantitative estimate of drug-likeness (QED) is 0.750. The van der Waals surface area contributed by atoms with E-state index in [-0.39, 0.29) is 11.6 Å². The average Bonchev–Trinajstić information content (AvgIpc) is 2.28. The molecular weight excluding hydrogens is 220 g/mol. The molecule has 0 saturated heterocycles. The number of anilines is 1. The molecule has 0 saturated carbocycles. The van der Waals surface area contributed by atoms with Crippen molar-refractivity contribution in [3.8, 4) is 0 Å². The molecule has 1 rings (SSSR count). The van der Waals surface area contributed by atoms with Crippen LogP contribution in [0.5, 0.6) is 0 Å². The van der Waals surface area contributed by atoms with Crippen molar-refractivity contribution in [2.45, 2.75) is 20.3 Å². The summed E-state index contributed by atoms with van der Waals surface area (Å²) in [6.07, 6.45) is 0.826. The largest absolute Gasteiger partial charge is 0.478 e. The Morgan fingerprint density at radius 1 is 1.35 bits per heavy atom. The first-order valence-electron chi connectivity index (χ1n) is 5.44. The minimum atomic E-state index is -1.06. The molecule has 0 aromatic heterocycles. The molecular formula is C12H16N2O3. The lowest BCUT2D eigenvalue weighted by Gasteiger charge is -2.11. The predicted molar refractivity (Wildman–Crippen MR) is 65.5 cm³/mol. The van der Waals surface area contributed by atoms with E-state index in [1.165, 1.54) is 6.07 Å². The van der Waals surface area contributed by atoms with Gasteiger partial charge in [0.05, 0.1) is 11.3 Å². The number of carbonyl (C=O) groups is 2. The number of hydrogen-bond acceptors (Lipinski definition) is 2. The Morgan fingerprint density at radius 2 is 2.06 bits per heavy atom. The van der Waals surface area contributed by atoms with E-state index in [1.807, 2.05) is 6.92 Å². The highest BCUT2D eigenvalue weighted by molar-refractivity contribution is 6.00. The summed E-state index contributed by atoms with van der Waals surface area (Å²) in [7, 11) is 0. The van der Waals surface area contributed by atoms with Crippen molar-refractivity contribution in [3.63, 3.8) is 0 Å². The fourth-order valence-electron chi connectivity index (χ4n) is 1.41. The minimum absolute atomic E-state index is 0.0941. The number of benzene rings is 1. The molecule has 92 valence electrons. The zero-order valence-corrected chi connectivity index (χ0v) is 9.91. The van der Waals surface area contributed by atoms with E-state index in [4.69, 9.17) is 5.11 Å². The topological polar surface area (TPSA) is 78.4 Å². The average molecular weight is 236 g/mol. The minimum Gasteiger partial charge on any atom is -0.478 e. The van der Waals surface area contributed by atoms with Gasteiger partial charge in [-0.15, -0.1) is 0 Å². The lowest BCUT2D eigenvalue weighted by atomic mass is 10.1. The van der Waals surface area contributed by atoms with Crippen LogP contribution in [0, 0.1) is 6.92 Å². The van der Waals surface area contributed by atoms with Crippen molar-refractivity contribution in [2.75, 3.05) is 11.9 Å². The molecule has 0 atom stereocenters. The van der Waals surface area contributed by atoms with Crippen molar-refractivity contribution in [1.82, 2.24) is 5.32 Å². The number of carboxylic acid groups (broad SMARTS) is 1. The van der Waals surface area contributed by atoms with Crippen LogP contribution in [0.2, 0.25) is 0 Å². The molecule has 0 unspecified atom stereocenters. The number of aryl methyl sites for hydroxylation is 1. The van der Waals surface area contributed by atoms with Crippen LogP contribution in [0.25, 0.3) is 0 Å². The molecule has 0 spiro atoms. The van der Waals surface area contributed by atoms with Gasteiger partial charge in [0.2, 0.25) is 0 Å². The molecule has 5 nitrogen and oxygen atoms in total. The van der Waals surface area contributed by atoms with E-state index < -0.39 is 5.97 Å². The molecule has 1 aromatic rings. The van der Waals surface area contributed by atoms with Crippen LogP contribution >= 0.6 is 0 Å². The van der Waals surface area contributed by atoms with Gasteiger partial charge < -0.3 is 15.7 Å². The number of nitrogens with one attached hydrogen (secondary N) is 2. The molecule has 0 fully saturated rings. The van der Waals surface area contributed by atoms with Gasteiger partial charge in [-0.05, 0) is 25.0 Å². The first-order valence-corrected chi connectivity index (χ1v) is 5.44. The van der Waals surface area contributed by atoms with Gasteiger partial charge >= 0.3 is 12.0 Å². The second kappa shape index (κ2) is 5.89. The molecule has 0 aliphatic heterocycles. The molecule has 3 N–H and O–H groups in total. The van der Waals surface area contributed by atoms with Crippen molar-refractivity contribution < 1.29 is 14.7 Å². The summed E-state index contributed by atoms with van der Waals surface area (Å²) in [6.45, 7) is 4.25. The van der Waals surface area contributed by atoms with E-state index in [9.17, 15) is 9.59 Å². The highest BCUT2D eigenvalue weighted by Gasteiger charge is 2.13. The van der Waals surface area contributed by atoms with Crippen molar-refractivity contribution in [3.05, 3.63) is 29.3 Å². The van der Waals surface area contributed by atoms with E-state index in [2.05, 4.69) is 10.6 Å². The van der Waals surface area contributed by atoms with Crippen LogP contribution in [0.3, 0.4) is 0 Å². The molecule has 0 aliphatic rings. The van der Waals surface area contributed by atoms with Gasteiger partial charge in [0.25, 0.3) is 0 Å². The van der Waals surface area contributed by atoms with Gasteiger partial charge in [-0.2, -0.15) is 0 Å². The van der Waals surface area contributed by atoms with Gasteiger partial charge in [-0.3, -0.25) is 0 Å². The normalized spacial score (nSPS) is 9.76. The van der Waals surface area contributed by atoms with Crippen LogP contribution in [-0.2, 0) is 0 Å². The second-order valence-corrected chi connectivity index (χ2v) is 3.68. The maximum atomic E-state index is 11.5. The lowest BCUT2D eigenvalue weighted by molar-refractivity contribution is 0.0698. The number of urea groups is 1. The number of carboxylic acids is 1. The number of para-hydroxylation sites is 1. The summed E-state index contributed by atoms with van der Waals surface area (Å²) in [5.74, 6) is -1.06. The Kier molecular flexibility index (Phi) is 4.51. The molecule has 2 amide bonds. The van der Waals surface area contributed by atoms with E-state index in [1.54, 1.807) is 19.1 Å². The van der Waals surface area contributed by atoms with Crippen molar-refractivity contribution in [2.24, 2.45) is 0 Å². The zero-order chi connectivity index (χ0) is 12.8. The maximum absolute atomic E-state index is 11.5. The van der Waals surface area contributed by atoms with Crippen LogP contribution in [0.1, 0.15) is 29.3 Å². The van der Waals surface area contributed by atoms with E-state index in [0.29, 0.717) is 12.2 Å². The summed E-state index contributed by atoms with van der Waals surface area (Å²) >= 11 is 0. The summed E-state index contributed by atoms with van der Waals surface area (Å²) in [5, 5.41) is 14.2. The highest BCUT2D eigenvalue weighted by atomic mass is 16.4. The van der Waals surface area contributed by atoms with Gasteiger partial charge in [0.15, 0.2) is 0 Å². The maximum Gasteiger partial charge on any atom is 0.337 e. The first-order chi connectivity index (χ1) is 8.06.